The molecule has 3 aromatic rings. The number of nitrogens with one attached hydrogen (secondary N) is 1. The summed E-state index contributed by atoms with van der Waals surface area (Å²) in [4.78, 5) is 16.0. The Hall–Kier alpha value is -2.52. The van der Waals surface area contributed by atoms with Gasteiger partial charge in [-0.05, 0) is 49.8 Å². The van der Waals surface area contributed by atoms with Crippen molar-refractivity contribution >= 4 is 35.0 Å². The molecule has 0 bridgehead atoms. The fraction of sp³-hybridized carbons (Fsp3) is 0.409. The number of ether oxygens (including phenoxy) is 1. The molecule has 0 saturated carbocycles. The average molecular weight is 458 g/mol. The van der Waals surface area contributed by atoms with E-state index in [1.807, 2.05) is 53.3 Å². The molecule has 1 amide bonds. The number of amides is 1. The Morgan fingerprint density at radius 2 is 2.00 bits per heavy atom. The topological polar surface area (TPSA) is 72.3 Å². The van der Waals surface area contributed by atoms with Gasteiger partial charge in [0.1, 0.15) is 5.75 Å². The summed E-state index contributed by atoms with van der Waals surface area (Å²) in [7, 11) is 1.66. The van der Waals surface area contributed by atoms with Gasteiger partial charge in [-0.2, -0.15) is 0 Å². The van der Waals surface area contributed by atoms with Gasteiger partial charge in [0.15, 0.2) is 5.16 Å². The lowest BCUT2D eigenvalue weighted by molar-refractivity contribution is -0.119. The van der Waals surface area contributed by atoms with Crippen LogP contribution in [0.3, 0.4) is 0 Å². The Morgan fingerprint density at radius 3 is 2.74 bits per heavy atom. The molecular formula is C22H27N5O2S2. The van der Waals surface area contributed by atoms with E-state index in [0.29, 0.717) is 5.16 Å². The smallest absolute Gasteiger partial charge is 0.232 e. The normalized spacial score (nSPS) is 15.0. The van der Waals surface area contributed by atoms with Gasteiger partial charge in [-0.25, -0.2) is 0 Å². The van der Waals surface area contributed by atoms with E-state index in [4.69, 9.17) is 4.74 Å². The maximum Gasteiger partial charge on any atom is 0.232 e. The molecule has 4 rings (SSSR count). The molecule has 0 aliphatic carbocycles. The van der Waals surface area contributed by atoms with Crippen molar-refractivity contribution < 1.29 is 9.53 Å². The number of benzene rings is 1. The van der Waals surface area contributed by atoms with Crippen molar-refractivity contribution in [2.24, 2.45) is 0 Å². The maximum atomic E-state index is 12.6. The summed E-state index contributed by atoms with van der Waals surface area (Å²) in [6, 6.07) is 11.9. The number of piperidine rings is 1. The zero-order chi connectivity index (χ0) is 21.6. The van der Waals surface area contributed by atoms with Crippen molar-refractivity contribution in [3.8, 4) is 11.4 Å². The van der Waals surface area contributed by atoms with Gasteiger partial charge in [0, 0.05) is 18.0 Å². The monoisotopic (exact) mass is 457 g/mol. The third-order valence-electron chi connectivity index (χ3n) is 5.26. The van der Waals surface area contributed by atoms with Gasteiger partial charge in [-0.3, -0.25) is 9.36 Å². The molecule has 1 N–H and O–H groups in total. The third-order valence-corrected chi connectivity index (χ3v) is 7.25. The van der Waals surface area contributed by atoms with Gasteiger partial charge in [-0.15, -0.1) is 21.5 Å². The molecule has 2 aromatic heterocycles. The van der Waals surface area contributed by atoms with Crippen molar-refractivity contribution in [1.29, 1.82) is 0 Å². The number of rotatable bonds is 8. The Morgan fingerprint density at radius 1 is 1.19 bits per heavy atom. The van der Waals surface area contributed by atoms with Crippen molar-refractivity contribution in [2.75, 3.05) is 30.9 Å². The molecule has 1 aliphatic heterocycles. The quantitative estimate of drug-likeness (QED) is 0.509. The highest BCUT2D eigenvalue weighted by Crippen LogP contribution is 2.32. The van der Waals surface area contributed by atoms with Crippen LogP contribution in [0.2, 0.25) is 0 Å². The predicted octanol–water partition coefficient (Wildman–Crippen LogP) is 4.30. The van der Waals surface area contributed by atoms with Crippen LogP contribution in [0.5, 0.6) is 5.75 Å². The number of carbonyl (C=O) groups is 1. The number of para-hydroxylation sites is 2. The lowest BCUT2D eigenvalue weighted by Crippen LogP contribution is -2.32. The van der Waals surface area contributed by atoms with Crippen LogP contribution in [0, 0.1) is 0 Å². The molecule has 164 valence electrons. The van der Waals surface area contributed by atoms with Gasteiger partial charge in [0.2, 0.25) is 11.9 Å². The standard InChI is InChI=1S/C22H27N5O2S2/c1-16(19-11-8-14-30-19)23-20(28)15-31-22-25-24-21(26-12-6-3-7-13-26)27(22)17-9-4-5-10-18(17)29-2/h4-5,8-11,14,16H,3,6-7,12-13,15H2,1-2H3,(H,23,28). The molecule has 1 aromatic carbocycles. The number of aromatic nitrogens is 3. The Labute approximate surface area is 190 Å². The molecule has 1 fully saturated rings. The van der Waals surface area contributed by atoms with Gasteiger partial charge in [0.05, 0.1) is 24.6 Å². The number of carbonyl (C=O) groups excluding carboxylic acids is 1. The lowest BCUT2D eigenvalue weighted by atomic mass is 10.1. The second-order valence-electron chi connectivity index (χ2n) is 7.43. The van der Waals surface area contributed by atoms with Crippen molar-refractivity contribution in [3.05, 3.63) is 46.7 Å². The zero-order valence-electron chi connectivity index (χ0n) is 17.8. The molecule has 0 spiro atoms. The number of nitrogens with zero attached hydrogens (tertiary/aromatic N) is 4. The summed E-state index contributed by atoms with van der Waals surface area (Å²) in [5, 5.41) is 14.7. The van der Waals surface area contributed by atoms with Gasteiger partial charge >= 0.3 is 0 Å². The fourth-order valence-electron chi connectivity index (χ4n) is 3.70. The first-order chi connectivity index (χ1) is 15.2. The Balaban J connectivity index is 1.55. The van der Waals surface area contributed by atoms with E-state index in [-0.39, 0.29) is 17.7 Å². The lowest BCUT2D eigenvalue weighted by Gasteiger charge is -2.28. The minimum Gasteiger partial charge on any atom is -0.495 e. The second kappa shape index (κ2) is 10.2. The highest BCUT2D eigenvalue weighted by molar-refractivity contribution is 7.99. The van der Waals surface area contributed by atoms with E-state index in [1.165, 1.54) is 18.2 Å². The summed E-state index contributed by atoms with van der Waals surface area (Å²) in [6.07, 6.45) is 3.53. The number of methoxy groups -OCH3 is 1. The van der Waals surface area contributed by atoms with Crippen LogP contribution in [0.15, 0.2) is 46.9 Å². The second-order valence-corrected chi connectivity index (χ2v) is 9.35. The van der Waals surface area contributed by atoms with Crippen molar-refractivity contribution in [2.45, 2.75) is 37.4 Å². The molecule has 7 nitrogen and oxygen atoms in total. The SMILES string of the molecule is COc1ccccc1-n1c(SCC(=O)NC(C)c2cccs2)nnc1N1CCCCC1. The number of thiophene rings is 1. The molecule has 1 unspecified atom stereocenters. The highest BCUT2D eigenvalue weighted by Gasteiger charge is 2.24. The zero-order valence-corrected chi connectivity index (χ0v) is 19.4. The van der Waals surface area contributed by atoms with Crippen LogP contribution in [0.25, 0.3) is 5.69 Å². The number of anilines is 1. The molecule has 9 heteroatoms. The Bertz CT molecular complexity index is 999. The summed E-state index contributed by atoms with van der Waals surface area (Å²) < 4.78 is 7.62. The number of hydrogen-bond donors (Lipinski definition) is 1. The first-order valence-electron chi connectivity index (χ1n) is 10.5. The van der Waals surface area contributed by atoms with Crippen molar-refractivity contribution in [3.63, 3.8) is 0 Å². The van der Waals surface area contributed by atoms with E-state index in [2.05, 4.69) is 20.4 Å². The fourth-order valence-corrected chi connectivity index (χ4v) is 5.19. The summed E-state index contributed by atoms with van der Waals surface area (Å²) in [5.74, 6) is 1.79. The number of thioether (sulfide) groups is 1. The molecular weight excluding hydrogens is 430 g/mol. The Kier molecular flexibility index (Phi) is 7.14. The van der Waals surface area contributed by atoms with E-state index < -0.39 is 0 Å². The van der Waals surface area contributed by atoms with Crippen LogP contribution in [-0.2, 0) is 4.79 Å². The largest absolute Gasteiger partial charge is 0.495 e. The summed E-state index contributed by atoms with van der Waals surface area (Å²) in [5.41, 5.74) is 0.880. The van der Waals surface area contributed by atoms with Gasteiger partial charge < -0.3 is 15.0 Å². The third kappa shape index (κ3) is 5.04. The van der Waals surface area contributed by atoms with Crippen LogP contribution in [0.4, 0.5) is 5.95 Å². The molecule has 3 heterocycles. The van der Waals surface area contributed by atoms with Crippen LogP contribution in [-0.4, -0.2) is 46.6 Å². The molecule has 1 saturated heterocycles. The van der Waals surface area contributed by atoms with Crippen molar-refractivity contribution in [1.82, 2.24) is 20.1 Å². The van der Waals surface area contributed by atoms with Gasteiger partial charge in [0.25, 0.3) is 0 Å². The summed E-state index contributed by atoms with van der Waals surface area (Å²) in [6.45, 7) is 3.91. The highest BCUT2D eigenvalue weighted by atomic mass is 32.2. The maximum absolute atomic E-state index is 12.6. The number of hydrogen-bond acceptors (Lipinski definition) is 7. The molecule has 1 aliphatic rings. The molecule has 1 atom stereocenters. The minimum atomic E-state index is -0.0278. The van der Waals surface area contributed by atoms with Gasteiger partial charge in [-0.1, -0.05) is 30.0 Å². The van der Waals surface area contributed by atoms with E-state index in [9.17, 15) is 4.79 Å². The predicted molar refractivity (Wildman–Crippen MR) is 126 cm³/mol. The first kappa shape index (κ1) is 21.7. The molecule has 0 radical (unpaired) electrons. The van der Waals surface area contributed by atoms with E-state index >= 15 is 0 Å². The average Bonchev–Trinajstić information content (AvgIpc) is 3.48. The first-order valence-corrected chi connectivity index (χ1v) is 12.3. The van der Waals surface area contributed by atoms with Crippen LogP contribution in [0.1, 0.15) is 37.1 Å². The minimum absolute atomic E-state index is 0.0101. The summed E-state index contributed by atoms with van der Waals surface area (Å²) >= 11 is 3.03. The van der Waals surface area contributed by atoms with Crippen LogP contribution < -0.4 is 15.0 Å². The van der Waals surface area contributed by atoms with Crippen LogP contribution >= 0.6 is 23.1 Å². The molecule has 31 heavy (non-hydrogen) atoms. The van der Waals surface area contributed by atoms with E-state index in [0.717, 1.165) is 48.2 Å². The van der Waals surface area contributed by atoms with E-state index in [1.54, 1.807) is 18.4 Å².